The number of hydrogen-bond acceptors (Lipinski definition) is 2. The van der Waals surface area contributed by atoms with Gasteiger partial charge in [-0.15, -0.1) is 0 Å². The van der Waals surface area contributed by atoms with Crippen molar-refractivity contribution >= 4 is 11.6 Å². The summed E-state index contributed by atoms with van der Waals surface area (Å²) in [4.78, 5) is 0. The molecule has 116 valence electrons. The van der Waals surface area contributed by atoms with E-state index in [-0.39, 0.29) is 0 Å². The lowest BCUT2D eigenvalue weighted by molar-refractivity contribution is 0.0192. The van der Waals surface area contributed by atoms with Crippen molar-refractivity contribution in [2.24, 2.45) is 0 Å². The van der Waals surface area contributed by atoms with E-state index < -0.39 is 5.60 Å². The summed E-state index contributed by atoms with van der Waals surface area (Å²) in [5, 5.41) is 15.1. The van der Waals surface area contributed by atoms with Crippen LogP contribution in [0.15, 0.2) is 24.3 Å². The quantitative estimate of drug-likeness (QED) is 0.815. The first-order chi connectivity index (χ1) is 10.1. The molecule has 0 unspecified atom stereocenters. The summed E-state index contributed by atoms with van der Waals surface area (Å²) in [7, 11) is 0. The third-order valence-electron chi connectivity index (χ3n) is 5.21. The van der Waals surface area contributed by atoms with E-state index in [0.29, 0.717) is 12.0 Å². The minimum absolute atomic E-state index is 0.461. The predicted octanol–water partition coefficient (Wildman–Crippen LogP) is 4.26. The fourth-order valence-corrected chi connectivity index (χ4v) is 3.91. The zero-order chi connectivity index (χ0) is 14.7. The van der Waals surface area contributed by atoms with Crippen molar-refractivity contribution in [3.63, 3.8) is 0 Å². The summed E-state index contributed by atoms with van der Waals surface area (Å²) in [6, 6.07) is 8.78. The van der Waals surface area contributed by atoms with Gasteiger partial charge in [0, 0.05) is 17.6 Å². The minimum Gasteiger partial charge on any atom is -0.389 e. The average Bonchev–Trinajstić information content (AvgIpc) is 2.62. The number of benzene rings is 1. The molecule has 2 aliphatic carbocycles. The molecule has 0 amide bonds. The highest BCUT2D eigenvalue weighted by molar-refractivity contribution is 6.30. The zero-order valence-electron chi connectivity index (χ0n) is 12.7. The second-order valence-electron chi connectivity index (χ2n) is 6.94. The van der Waals surface area contributed by atoms with Crippen LogP contribution in [0.1, 0.15) is 62.8 Å². The largest absolute Gasteiger partial charge is 0.389 e. The topological polar surface area (TPSA) is 32.3 Å². The van der Waals surface area contributed by atoms with Crippen LogP contribution in [-0.4, -0.2) is 23.3 Å². The second-order valence-corrected chi connectivity index (χ2v) is 7.38. The Labute approximate surface area is 132 Å². The van der Waals surface area contributed by atoms with Crippen LogP contribution < -0.4 is 5.32 Å². The Bertz CT molecular complexity index is 462. The smallest absolute Gasteiger partial charge is 0.0771 e. The van der Waals surface area contributed by atoms with E-state index in [1.165, 1.54) is 31.2 Å². The van der Waals surface area contributed by atoms with E-state index in [1.807, 2.05) is 12.1 Å². The number of rotatable bonds is 4. The highest BCUT2D eigenvalue weighted by Crippen LogP contribution is 2.38. The summed E-state index contributed by atoms with van der Waals surface area (Å²) in [6.07, 6.45) is 9.16. The molecule has 2 saturated carbocycles. The van der Waals surface area contributed by atoms with Crippen LogP contribution in [0.4, 0.5) is 0 Å². The number of nitrogens with one attached hydrogen (secondary N) is 1. The molecular weight excluding hydrogens is 282 g/mol. The maximum atomic E-state index is 10.7. The highest BCUT2D eigenvalue weighted by Gasteiger charge is 2.33. The van der Waals surface area contributed by atoms with Crippen molar-refractivity contribution in [3.05, 3.63) is 34.9 Å². The Balaban J connectivity index is 1.44. The van der Waals surface area contributed by atoms with E-state index in [0.717, 1.165) is 37.3 Å². The Morgan fingerprint density at radius 2 is 1.86 bits per heavy atom. The molecule has 0 aliphatic heterocycles. The number of halogens is 1. The molecular formula is C18H26ClNO. The van der Waals surface area contributed by atoms with Crippen molar-refractivity contribution < 1.29 is 5.11 Å². The van der Waals surface area contributed by atoms with Gasteiger partial charge in [0.2, 0.25) is 0 Å². The first-order valence-electron chi connectivity index (χ1n) is 8.36. The van der Waals surface area contributed by atoms with Gasteiger partial charge in [0.25, 0.3) is 0 Å². The third-order valence-corrected chi connectivity index (χ3v) is 5.45. The lowest BCUT2D eigenvalue weighted by Crippen LogP contribution is -2.48. The fraction of sp³-hybridized carbons (Fsp3) is 0.667. The molecule has 0 spiro atoms. The lowest BCUT2D eigenvalue weighted by Gasteiger charge is -2.39. The van der Waals surface area contributed by atoms with E-state index in [4.69, 9.17) is 11.6 Å². The predicted molar refractivity (Wildman–Crippen MR) is 87.9 cm³/mol. The first-order valence-corrected chi connectivity index (χ1v) is 8.74. The SMILES string of the molecule is OC1(CNC2CC(c3cccc(Cl)c3)C2)CCCCCC1. The molecule has 1 aromatic rings. The fourth-order valence-electron chi connectivity index (χ4n) is 3.71. The van der Waals surface area contributed by atoms with Crippen molar-refractivity contribution in [2.75, 3.05) is 6.54 Å². The molecule has 2 nitrogen and oxygen atoms in total. The summed E-state index contributed by atoms with van der Waals surface area (Å²) in [5.74, 6) is 0.630. The van der Waals surface area contributed by atoms with Crippen molar-refractivity contribution in [2.45, 2.75) is 68.9 Å². The van der Waals surface area contributed by atoms with Gasteiger partial charge in [0.1, 0.15) is 0 Å². The Kier molecular flexibility index (Phi) is 4.88. The molecule has 0 aromatic heterocycles. The van der Waals surface area contributed by atoms with E-state index >= 15 is 0 Å². The first kappa shape index (κ1) is 15.3. The summed E-state index contributed by atoms with van der Waals surface area (Å²) < 4.78 is 0. The maximum absolute atomic E-state index is 10.7. The molecule has 0 radical (unpaired) electrons. The Hall–Kier alpha value is -0.570. The Morgan fingerprint density at radius 3 is 2.52 bits per heavy atom. The van der Waals surface area contributed by atoms with Gasteiger partial charge >= 0.3 is 0 Å². The molecule has 2 aliphatic rings. The summed E-state index contributed by atoms with van der Waals surface area (Å²) >= 11 is 6.05. The van der Waals surface area contributed by atoms with Crippen LogP contribution >= 0.6 is 11.6 Å². The molecule has 21 heavy (non-hydrogen) atoms. The van der Waals surface area contributed by atoms with Gasteiger partial charge in [0.05, 0.1) is 5.60 Å². The van der Waals surface area contributed by atoms with Gasteiger partial charge in [-0.25, -0.2) is 0 Å². The molecule has 0 heterocycles. The van der Waals surface area contributed by atoms with Gasteiger partial charge < -0.3 is 10.4 Å². The monoisotopic (exact) mass is 307 g/mol. The van der Waals surface area contributed by atoms with Gasteiger partial charge in [-0.05, 0) is 49.3 Å². The third kappa shape index (κ3) is 4.00. The molecule has 3 heteroatoms. The molecule has 0 atom stereocenters. The van der Waals surface area contributed by atoms with Gasteiger partial charge in [-0.2, -0.15) is 0 Å². The van der Waals surface area contributed by atoms with Crippen LogP contribution in [0.25, 0.3) is 0 Å². The van der Waals surface area contributed by atoms with Crippen LogP contribution in [0.2, 0.25) is 5.02 Å². The van der Waals surface area contributed by atoms with Gasteiger partial charge in [0.15, 0.2) is 0 Å². The van der Waals surface area contributed by atoms with Crippen LogP contribution in [-0.2, 0) is 0 Å². The van der Waals surface area contributed by atoms with E-state index in [9.17, 15) is 5.11 Å². The van der Waals surface area contributed by atoms with Crippen molar-refractivity contribution in [3.8, 4) is 0 Å². The minimum atomic E-state index is -0.461. The van der Waals surface area contributed by atoms with Crippen LogP contribution in [0.3, 0.4) is 0 Å². The molecule has 0 saturated heterocycles. The summed E-state index contributed by atoms with van der Waals surface area (Å²) in [5.41, 5.74) is 0.895. The number of hydrogen-bond donors (Lipinski definition) is 2. The second kappa shape index (κ2) is 6.68. The average molecular weight is 308 g/mol. The maximum Gasteiger partial charge on any atom is 0.0771 e. The molecule has 0 bridgehead atoms. The molecule has 2 fully saturated rings. The van der Waals surface area contributed by atoms with Crippen LogP contribution in [0.5, 0.6) is 0 Å². The van der Waals surface area contributed by atoms with Crippen molar-refractivity contribution in [1.82, 2.24) is 5.32 Å². The molecule has 1 aromatic carbocycles. The Morgan fingerprint density at radius 1 is 1.14 bits per heavy atom. The molecule has 2 N–H and O–H groups in total. The highest BCUT2D eigenvalue weighted by atomic mass is 35.5. The lowest BCUT2D eigenvalue weighted by atomic mass is 9.75. The number of aliphatic hydroxyl groups is 1. The van der Waals surface area contributed by atoms with E-state index in [1.54, 1.807) is 0 Å². The van der Waals surface area contributed by atoms with Crippen LogP contribution in [0, 0.1) is 0 Å². The molecule has 3 rings (SSSR count). The van der Waals surface area contributed by atoms with E-state index in [2.05, 4.69) is 17.4 Å². The van der Waals surface area contributed by atoms with Gasteiger partial charge in [-0.3, -0.25) is 0 Å². The van der Waals surface area contributed by atoms with Gasteiger partial charge in [-0.1, -0.05) is 49.4 Å². The normalized spacial score (nSPS) is 28.7. The standard InChI is InChI=1S/C18H26ClNO/c19-16-7-5-6-14(10-16)15-11-17(12-15)20-13-18(21)8-3-1-2-4-9-18/h5-7,10,15,17,20-21H,1-4,8-9,11-13H2. The zero-order valence-corrected chi connectivity index (χ0v) is 13.4. The summed E-state index contributed by atoms with van der Waals surface area (Å²) in [6.45, 7) is 0.764. The van der Waals surface area contributed by atoms with Crippen molar-refractivity contribution in [1.29, 1.82) is 0 Å².